The molecule has 0 amide bonds. The first kappa shape index (κ1) is 20.8. The molecule has 4 aromatic rings. The highest BCUT2D eigenvalue weighted by atomic mass is 16.5. The van der Waals surface area contributed by atoms with E-state index in [1.165, 1.54) is 16.5 Å². The lowest BCUT2D eigenvalue weighted by molar-refractivity contribution is 0.0610. The first-order valence-corrected chi connectivity index (χ1v) is 11.5. The molecule has 1 saturated heterocycles. The van der Waals surface area contributed by atoms with Crippen LogP contribution in [-0.2, 0) is 0 Å². The van der Waals surface area contributed by atoms with Crippen LogP contribution < -0.4 is 10.1 Å². The number of nitrogens with zero attached hydrogens (tertiary/aromatic N) is 1. The van der Waals surface area contributed by atoms with Crippen molar-refractivity contribution in [1.82, 2.24) is 4.90 Å². The molecule has 1 unspecified atom stereocenters. The quantitative estimate of drug-likeness (QED) is 0.420. The van der Waals surface area contributed by atoms with Crippen molar-refractivity contribution in [2.75, 3.05) is 31.6 Å². The summed E-state index contributed by atoms with van der Waals surface area (Å²) in [5, 5.41) is 19.1. The average Bonchev–Trinajstić information content (AvgIpc) is 2.84. The van der Waals surface area contributed by atoms with E-state index in [1.54, 1.807) is 0 Å². The highest BCUT2D eigenvalue weighted by Gasteiger charge is 2.21. The Morgan fingerprint density at radius 3 is 2.22 bits per heavy atom. The van der Waals surface area contributed by atoms with E-state index in [0.29, 0.717) is 19.2 Å². The molecule has 2 N–H and O–H groups in total. The van der Waals surface area contributed by atoms with Gasteiger partial charge in [-0.05, 0) is 35.7 Å². The first-order chi connectivity index (χ1) is 15.8. The van der Waals surface area contributed by atoms with Gasteiger partial charge in [0.15, 0.2) is 0 Å². The Bertz CT molecular complexity index is 1170. The van der Waals surface area contributed by atoms with Crippen LogP contribution in [0.2, 0.25) is 0 Å². The molecular formula is C28H30N2O2. The number of likely N-dealkylation sites (tertiary alicyclic amines) is 1. The highest BCUT2D eigenvalue weighted by Crippen LogP contribution is 2.27. The van der Waals surface area contributed by atoms with Crippen LogP contribution in [0.25, 0.3) is 21.5 Å². The lowest BCUT2D eigenvalue weighted by Gasteiger charge is -2.34. The van der Waals surface area contributed by atoms with Crippen LogP contribution in [0.3, 0.4) is 0 Å². The summed E-state index contributed by atoms with van der Waals surface area (Å²) in [6, 6.07) is 29.6. The lowest BCUT2D eigenvalue weighted by atomic mass is 10.0. The van der Waals surface area contributed by atoms with Crippen LogP contribution in [0.1, 0.15) is 12.8 Å². The second kappa shape index (κ2) is 9.60. The number of aliphatic hydroxyl groups excluding tert-OH is 1. The van der Waals surface area contributed by atoms with Crippen LogP contribution in [0.15, 0.2) is 84.9 Å². The number of nitrogens with one attached hydrogen (secondary N) is 1. The summed E-state index contributed by atoms with van der Waals surface area (Å²) in [6.07, 6.45) is 1.64. The molecule has 0 bridgehead atoms. The van der Waals surface area contributed by atoms with E-state index in [0.717, 1.165) is 42.5 Å². The molecular weight excluding hydrogens is 396 g/mol. The molecule has 4 heteroatoms. The molecule has 1 heterocycles. The Kier molecular flexibility index (Phi) is 6.24. The Morgan fingerprint density at radius 1 is 0.812 bits per heavy atom. The molecule has 1 fully saturated rings. The van der Waals surface area contributed by atoms with Crippen LogP contribution >= 0.6 is 0 Å². The number of β-amino-alcohol motifs (C(OH)–C–C–N with tert-alkyl or cyclic N) is 1. The van der Waals surface area contributed by atoms with Gasteiger partial charge in [-0.15, -0.1) is 0 Å². The van der Waals surface area contributed by atoms with Crippen molar-refractivity contribution in [3.63, 3.8) is 0 Å². The maximum atomic E-state index is 10.6. The van der Waals surface area contributed by atoms with E-state index in [9.17, 15) is 5.11 Å². The van der Waals surface area contributed by atoms with E-state index in [1.807, 2.05) is 24.3 Å². The van der Waals surface area contributed by atoms with Crippen molar-refractivity contribution in [1.29, 1.82) is 0 Å². The van der Waals surface area contributed by atoms with Crippen LogP contribution in [0.5, 0.6) is 5.75 Å². The minimum Gasteiger partial charge on any atom is -0.490 e. The molecule has 0 spiro atoms. The lowest BCUT2D eigenvalue weighted by Crippen LogP contribution is -2.43. The number of aliphatic hydroxyl groups is 1. The van der Waals surface area contributed by atoms with Gasteiger partial charge in [0.2, 0.25) is 0 Å². The van der Waals surface area contributed by atoms with E-state index < -0.39 is 6.10 Å². The van der Waals surface area contributed by atoms with Gasteiger partial charge in [-0.25, -0.2) is 0 Å². The number of fused-ring (bicyclic) bond motifs is 2. The molecule has 32 heavy (non-hydrogen) atoms. The number of benzene rings is 4. The molecule has 1 atom stereocenters. The van der Waals surface area contributed by atoms with Crippen molar-refractivity contribution >= 4 is 27.2 Å². The van der Waals surface area contributed by atoms with Crippen molar-refractivity contribution < 1.29 is 9.84 Å². The molecule has 4 nitrogen and oxygen atoms in total. The number of piperidine rings is 1. The third-order valence-electron chi connectivity index (χ3n) is 6.39. The maximum Gasteiger partial charge on any atom is 0.127 e. The highest BCUT2D eigenvalue weighted by molar-refractivity contribution is 5.93. The van der Waals surface area contributed by atoms with Gasteiger partial charge in [-0.3, -0.25) is 0 Å². The zero-order valence-electron chi connectivity index (χ0n) is 18.3. The van der Waals surface area contributed by atoms with Crippen LogP contribution in [0, 0.1) is 0 Å². The van der Waals surface area contributed by atoms with E-state index in [2.05, 4.69) is 70.9 Å². The van der Waals surface area contributed by atoms with E-state index >= 15 is 0 Å². The average molecular weight is 427 g/mol. The van der Waals surface area contributed by atoms with Gasteiger partial charge in [0.25, 0.3) is 0 Å². The molecule has 0 saturated carbocycles. The van der Waals surface area contributed by atoms with Crippen molar-refractivity contribution in [3.8, 4) is 5.75 Å². The molecule has 164 valence electrons. The first-order valence-electron chi connectivity index (χ1n) is 11.5. The Labute approximate surface area is 189 Å². The fourth-order valence-electron chi connectivity index (χ4n) is 4.69. The van der Waals surface area contributed by atoms with Gasteiger partial charge >= 0.3 is 0 Å². The molecule has 0 aromatic heterocycles. The Balaban J connectivity index is 1.11. The summed E-state index contributed by atoms with van der Waals surface area (Å²) in [7, 11) is 0. The summed E-state index contributed by atoms with van der Waals surface area (Å²) < 4.78 is 5.97. The van der Waals surface area contributed by atoms with Crippen molar-refractivity contribution in [3.05, 3.63) is 84.9 Å². The zero-order chi connectivity index (χ0) is 21.8. The fourth-order valence-corrected chi connectivity index (χ4v) is 4.69. The predicted octanol–water partition coefficient (Wildman–Crippen LogP) is 5.31. The smallest absolute Gasteiger partial charge is 0.127 e. The summed E-state index contributed by atoms with van der Waals surface area (Å²) in [6.45, 7) is 2.91. The zero-order valence-corrected chi connectivity index (χ0v) is 18.3. The molecule has 0 radical (unpaired) electrons. The fraction of sp³-hybridized carbons (Fsp3) is 0.286. The predicted molar refractivity (Wildman–Crippen MR) is 132 cm³/mol. The minimum atomic E-state index is -0.503. The summed E-state index contributed by atoms with van der Waals surface area (Å²) in [5.41, 5.74) is 1.21. The SMILES string of the molecule is OC(COc1cccc2ccccc12)CN1CCC(Nc2cccc3ccccc23)CC1. The maximum absolute atomic E-state index is 10.6. The second-order valence-corrected chi connectivity index (χ2v) is 8.69. The van der Waals surface area contributed by atoms with Gasteiger partial charge < -0.3 is 20.1 Å². The summed E-state index contributed by atoms with van der Waals surface area (Å²) in [5.74, 6) is 0.833. The molecule has 1 aliphatic rings. The monoisotopic (exact) mass is 426 g/mol. The Hall–Kier alpha value is -3.08. The number of hydrogen-bond acceptors (Lipinski definition) is 4. The molecule has 1 aliphatic heterocycles. The molecule has 4 aromatic carbocycles. The summed E-state index contributed by atoms with van der Waals surface area (Å²) >= 11 is 0. The molecule has 5 rings (SSSR count). The van der Waals surface area contributed by atoms with Gasteiger partial charge in [0, 0.05) is 42.1 Å². The number of rotatable bonds is 7. The third-order valence-corrected chi connectivity index (χ3v) is 6.39. The number of ether oxygens (including phenoxy) is 1. The minimum absolute atomic E-state index is 0.308. The molecule has 0 aliphatic carbocycles. The van der Waals surface area contributed by atoms with Gasteiger partial charge in [-0.2, -0.15) is 0 Å². The normalized spacial score (nSPS) is 16.3. The van der Waals surface area contributed by atoms with Crippen molar-refractivity contribution in [2.24, 2.45) is 0 Å². The number of hydrogen-bond donors (Lipinski definition) is 2. The van der Waals surface area contributed by atoms with Crippen molar-refractivity contribution in [2.45, 2.75) is 25.0 Å². The largest absolute Gasteiger partial charge is 0.490 e. The third kappa shape index (κ3) is 4.72. The van der Waals surface area contributed by atoms with Gasteiger partial charge in [0.1, 0.15) is 18.5 Å². The number of anilines is 1. The standard InChI is InChI=1S/C28H30N2O2/c31-24(20-32-28-14-6-10-22-8-2-4-12-26(22)28)19-30-17-15-23(16-18-30)29-27-13-5-9-21-7-1-3-11-25(21)27/h1-14,23-24,29,31H,15-20H2. The summed E-state index contributed by atoms with van der Waals surface area (Å²) in [4.78, 5) is 2.35. The Morgan fingerprint density at radius 2 is 1.44 bits per heavy atom. The topological polar surface area (TPSA) is 44.7 Å². The van der Waals surface area contributed by atoms with E-state index in [4.69, 9.17) is 4.74 Å². The second-order valence-electron chi connectivity index (χ2n) is 8.69. The van der Waals surface area contributed by atoms with Gasteiger partial charge in [0.05, 0.1) is 0 Å². The van der Waals surface area contributed by atoms with Gasteiger partial charge in [-0.1, -0.05) is 72.8 Å². The van der Waals surface area contributed by atoms with Crippen LogP contribution in [-0.4, -0.2) is 48.4 Å². The van der Waals surface area contributed by atoms with Crippen LogP contribution in [0.4, 0.5) is 5.69 Å². The van der Waals surface area contributed by atoms with E-state index in [-0.39, 0.29) is 0 Å².